The van der Waals surface area contributed by atoms with Crippen LogP contribution in [-0.4, -0.2) is 11.4 Å². The molecule has 0 aromatic carbocycles. The van der Waals surface area contributed by atoms with E-state index < -0.39 is 18.5 Å². The van der Waals surface area contributed by atoms with Crippen molar-refractivity contribution in [3.05, 3.63) is 23.3 Å². The van der Waals surface area contributed by atoms with Crippen LogP contribution in [0.15, 0.2) is 33.2 Å². The van der Waals surface area contributed by atoms with Gasteiger partial charge in [0, 0.05) is 4.11 Å². The predicted molar refractivity (Wildman–Crippen MR) is 53.6 cm³/mol. The van der Waals surface area contributed by atoms with Gasteiger partial charge in [0.2, 0.25) is 12.4 Å². The summed E-state index contributed by atoms with van der Waals surface area (Å²) in [5.74, 6) is 0. The van der Waals surface area contributed by atoms with Crippen molar-refractivity contribution >= 4 is 11.4 Å². The summed E-state index contributed by atoms with van der Waals surface area (Å²) in [7, 11) is 0. The number of hydrogen-bond acceptors (Lipinski definition) is 4. The molecule has 0 saturated carbocycles. The number of hydrogen-bond donors (Lipinski definition) is 0. The fourth-order valence-electron chi connectivity index (χ4n) is 0.866. The molecule has 0 unspecified atom stereocenters. The molecule has 1 aliphatic carbocycles. The molecule has 0 aliphatic heterocycles. The maximum Gasteiger partial charge on any atom is 0.206 e. The van der Waals surface area contributed by atoms with Crippen LogP contribution in [0.1, 0.15) is 20.6 Å². The van der Waals surface area contributed by atoms with Crippen molar-refractivity contribution in [1.29, 1.82) is 10.5 Å². The largest absolute Gasteiger partial charge is 0.206 e. The molecule has 0 saturated heterocycles. The molecule has 0 amide bonds. The molecule has 0 bridgehead atoms. The summed E-state index contributed by atoms with van der Waals surface area (Å²) in [4.78, 5) is 6.67. The first kappa shape index (κ1) is 4.88. The van der Waals surface area contributed by atoms with Gasteiger partial charge in [-0.3, -0.25) is 0 Å². The van der Waals surface area contributed by atoms with Gasteiger partial charge in [-0.15, -0.1) is 0 Å². The molecule has 0 spiro atoms. The van der Waals surface area contributed by atoms with E-state index >= 15 is 0 Å². The third kappa shape index (κ3) is 1.94. The summed E-state index contributed by atoms with van der Waals surface area (Å²) in [6.07, 6.45) is 2.88. The summed E-state index contributed by atoms with van der Waals surface area (Å²) in [5, 5.41) is 17.1. The summed E-state index contributed by atoms with van der Waals surface area (Å²) in [6, 6.07) is -0.832. The quantitative estimate of drug-likeness (QED) is 0.430. The van der Waals surface area contributed by atoms with Crippen molar-refractivity contribution in [2.24, 2.45) is 9.98 Å². The molecule has 0 atom stereocenters. The van der Waals surface area contributed by atoms with Crippen LogP contribution in [-0.2, 0) is 0 Å². The van der Waals surface area contributed by atoms with Gasteiger partial charge < -0.3 is 0 Å². The molecule has 1 aliphatic rings. The lowest BCUT2D eigenvalue weighted by atomic mass is 9.98. The molecular formula is C10H8N4. The summed E-state index contributed by atoms with van der Waals surface area (Å²) in [5.41, 5.74) is -0.968. The number of rotatable bonds is 0. The highest BCUT2D eigenvalue weighted by Crippen LogP contribution is 2.13. The van der Waals surface area contributed by atoms with Gasteiger partial charge in [-0.05, 0) is 37.0 Å². The Morgan fingerprint density at radius 2 is 1.71 bits per heavy atom. The first-order valence-electron chi connectivity index (χ1n) is 6.09. The van der Waals surface area contributed by atoms with E-state index in [9.17, 15) is 0 Å². The molecule has 0 heterocycles. The molecule has 0 aromatic rings. The van der Waals surface area contributed by atoms with Crippen molar-refractivity contribution in [2.75, 3.05) is 0 Å². The van der Waals surface area contributed by atoms with E-state index in [1.807, 2.05) is 0 Å². The van der Waals surface area contributed by atoms with E-state index in [2.05, 4.69) is 9.98 Å². The van der Waals surface area contributed by atoms with Gasteiger partial charge >= 0.3 is 0 Å². The van der Waals surface area contributed by atoms with Gasteiger partial charge in [-0.2, -0.15) is 20.5 Å². The summed E-state index contributed by atoms with van der Waals surface area (Å²) in [6.45, 7) is -1.31. The van der Waals surface area contributed by atoms with Crippen LogP contribution in [0.4, 0.5) is 0 Å². The van der Waals surface area contributed by atoms with Crippen LogP contribution >= 0.6 is 0 Å². The average Bonchev–Trinajstić information content (AvgIpc) is 2.30. The first-order valence-corrected chi connectivity index (χ1v) is 3.59. The molecule has 0 aromatic heterocycles. The van der Waals surface area contributed by atoms with E-state index in [4.69, 9.17) is 17.4 Å². The Hall–Kier alpha value is -2.20. The highest BCUT2D eigenvalue weighted by atomic mass is 14.8. The zero-order valence-corrected chi connectivity index (χ0v) is 7.29. The molecule has 4 nitrogen and oxygen atoms in total. The Balaban J connectivity index is 3.74. The molecule has 1 rings (SSSR count). The minimum atomic E-state index is -2.73. The van der Waals surface area contributed by atoms with Gasteiger partial charge in [0.1, 0.15) is 0 Å². The lowest BCUT2D eigenvalue weighted by Crippen LogP contribution is -2.10. The zero-order valence-electron chi connectivity index (χ0n) is 12.3. The molecule has 4 heteroatoms. The molecule has 68 valence electrons. The topological polar surface area (TPSA) is 72.3 Å². The van der Waals surface area contributed by atoms with E-state index in [1.165, 1.54) is 19.3 Å². The van der Waals surface area contributed by atoms with Crippen LogP contribution in [0.5, 0.6) is 0 Å². The number of allylic oxidation sites excluding steroid dienone is 4. The predicted octanol–water partition coefficient (Wildman–Crippen LogP) is 1.74. The summed E-state index contributed by atoms with van der Waals surface area (Å²) >= 11 is 0. The van der Waals surface area contributed by atoms with Gasteiger partial charge in [-0.25, -0.2) is 0 Å². The van der Waals surface area contributed by atoms with Gasteiger partial charge in [0.05, 0.1) is 14.2 Å². The van der Waals surface area contributed by atoms with E-state index in [1.54, 1.807) is 0 Å². The van der Waals surface area contributed by atoms with E-state index in [-0.39, 0.29) is 23.0 Å². The minimum absolute atomic E-state index is 0.133. The summed E-state index contributed by atoms with van der Waals surface area (Å²) < 4.78 is 37.7. The smallest absolute Gasteiger partial charge is 0.173 e. The monoisotopic (exact) mass is 189 g/mol. The number of nitriles is 2. The third-order valence-electron chi connectivity index (χ3n) is 1.46. The highest BCUT2D eigenvalue weighted by molar-refractivity contribution is 6.23. The fraction of sp³-hybridized carbons (Fsp3) is 0.200. The second kappa shape index (κ2) is 4.15. The first-order chi connectivity index (χ1) is 8.75. The zero-order chi connectivity index (χ0) is 14.8. The average molecular weight is 189 g/mol. The lowest BCUT2D eigenvalue weighted by molar-refractivity contribution is 1.39. The number of nitrogens with zero attached hydrogens (tertiary/aromatic N) is 4. The minimum Gasteiger partial charge on any atom is -0.173 e. The van der Waals surface area contributed by atoms with Gasteiger partial charge in [0.15, 0.2) is 0 Å². The second-order valence-electron chi connectivity index (χ2n) is 2.37. The standard InChI is InChI=1S/C10H8N4/c1-7-3-10(14-6-12)8(2)4-9(7)13-5-11/h3-4H,1-2H3/i1D3,3D,4D. The Kier molecular flexibility index (Phi) is 1.45. The van der Waals surface area contributed by atoms with Crippen molar-refractivity contribution in [3.8, 4) is 12.4 Å². The van der Waals surface area contributed by atoms with Gasteiger partial charge in [-0.1, -0.05) is 0 Å². The van der Waals surface area contributed by atoms with Crippen LogP contribution in [0, 0.1) is 22.9 Å². The van der Waals surface area contributed by atoms with Crippen LogP contribution in [0.2, 0.25) is 0 Å². The number of aliphatic imine (C=N–C) groups is 2. The molecule has 0 N–H and O–H groups in total. The van der Waals surface area contributed by atoms with E-state index in [0.29, 0.717) is 0 Å². The van der Waals surface area contributed by atoms with Crippen LogP contribution in [0.3, 0.4) is 0 Å². The Morgan fingerprint density at radius 3 is 2.21 bits per heavy atom. The van der Waals surface area contributed by atoms with E-state index in [0.717, 1.165) is 0 Å². The van der Waals surface area contributed by atoms with Crippen molar-refractivity contribution in [1.82, 2.24) is 0 Å². The van der Waals surface area contributed by atoms with Crippen molar-refractivity contribution < 1.29 is 6.85 Å². The van der Waals surface area contributed by atoms with Crippen molar-refractivity contribution in [2.45, 2.75) is 13.8 Å². The molecule has 0 radical (unpaired) electrons. The Labute approximate surface area is 89.2 Å². The highest BCUT2D eigenvalue weighted by Gasteiger charge is 2.10. The second-order valence-corrected chi connectivity index (χ2v) is 2.37. The Morgan fingerprint density at radius 1 is 1.21 bits per heavy atom. The van der Waals surface area contributed by atoms with Crippen molar-refractivity contribution in [3.63, 3.8) is 0 Å². The van der Waals surface area contributed by atoms with Crippen LogP contribution in [0.25, 0.3) is 0 Å². The Bertz CT molecular complexity index is 622. The maximum absolute atomic E-state index is 8.57. The normalized spacial score (nSPS) is 28.6. The third-order valence-corrected chi connectivity index (χ3v) is 1.46. The SMILES string of the molecule is [2H]C1=C(C)C(=NC#N)C([2H])=C(C([2H])([2H])[2H])C1=NC#N. The maximum atomic E-state index is 8.57. The molecule has 0 fully saturated rings. The molecular weight excluding hydrogens is 176 g/mol. The van der Waals surface area contributed by atoms with Gasteiger partial charge in [0.25, 0.3) is 0 Å². The van der Waals surface area contributed by atoms with Crippen LogP contribution < -0.4 is 0 Å². The lowest BCUT2D eigenvalue weighted by Gasteiger charge is -2.09. The fourth-order valence-corrected chi connectivity index (χ4v) is 0.866. The molecule has 14 heavy (non-hydrogen) atoms.